The predicted octanol–water partition coefficient (Wildman–Crippen LogP) is 4.52. The molecule has 0 fully saturated rings. The summed E-state index contributed by atoms with van der Waals surface area (Å²) in [5.41, 5.74) is 0. The van der Waals surface area contributed by atoms with Crippen LogP contribution in [0.4, 0.5) is 0 Å². The highest BCUT2D eigenvalue weighted by atomic mass is 33.1. The van der Waals surface area contributed by atoms with Gasteiger partial charge >= 0.3 is 5.97 Å². The normalized spacial score (nSPS) is 10.4. The molecule has 0 radical (unpaired) electrons. The van der Waals surface area contributed by atoms with Gasteiger partial charge in [0.15, 0.2) is 0 Å². The molecule has 0 aliphatic carbocycles. The van der Waals surface area contributed by atoms with Gasteiger partial charge in [0.05, 0.1) is 0 Å². The van der Waals surface area contributed by atoms with Crippen LogP contribution in [0.2, 0.25) is 0 Å². The fraction of sp³-hybridized carbons (Fsp3) is 0.571. The first-order valence-corrected chi connectivity index (χ1v) is 9.77. The zero-order chi connectivity index (χ0) is 14.6. The first kappa shape index (κ1) is 17.6. The summed E-state index contributed by atoms with van der Waals surface area (Å²) in [5.74, 6) is 2.08. The molecule has 1 heterocycles. The average Bonchev–Trinajstić information content (AvgIpc) is 2.44. The van der Waals surface area contributed by atoms with Crippen molar-refractivity contribution in [1.29, 1.82) is 0 Å². The summed E-state index contributed by atoms with van der Waals surface area (Å²) in [4.78, 5) is 16.8. The Bertz CT molecular complexity index is 448. The molecule has 1 aromatic rings. The molecule has 0 spiro atoms. The summed E-state index contributed by atoms with van der Waals surface area (Å²) < 4.78 is 1.84. The van der Waals surface area contributed by atoms with Crippen LogP contribution in [0.5, 0.6) is 0 Å². The third kappa shape index (κ3) is 7.97. The lowest BCUT2D eigenvalue weighted by atomic mass is 10.2. The lowest BCUT2D eigenvalue weighted by Gasteiger charge is -2.06. The molecule has 0 atom stereocenters. The smallest absolute Gasteiger partial charge is 0.332 e. The zero-order valence-corrected chi connectivity index (χ0v) is 14.2. The fourth-order valence-corrected chi connectivity index (χ4v) is 3.95. The maximum Gasteiger partial charge on any atom is 0.332 e. The van der Waals surface area contributed by atoms with Crippen LogP contribution in [-0.2, 0) is 4.79 Å². The molecular formula is C14H21NO2S3. The number of carbonyl (C=O) groups excluding carboxylic acids is 1. The van der Waals surface area contributed by atoms with Crippen molar-refractivity contribution in [2.24, 2.45) is 0 Å². The minimum absolute atomic E-state index is 0.226. The zero-order valence-electron chi connectivity index (χ0n) is 11.7. The van der Waals surface area contributed by atoms with Crippen molar-refractivity contribution in [3.63, 3.8) is 0 Å². The molecule has 0 saturated heterocycles. The lowest BCUT2D eigenvalue weighted by molar-refractivity contribution is -0.144. The van der Waals surface area contributed by atoms with Gasteiger partial charge in [0, 0.05) is 24.1 Å². The monoisotopic (exact) mass is 331 g/mol. The first-order chi connectivity index (χ1) is 9.74. The van der Waals surface area contributed by atoms with Crippen molar-refractivity contribution in [1.82, 2.24) is 4.73 Å². The number of carbonyl (C=O) groups is 1. The molecule has 1 aromatic heterocycles. The van der Waals surface area contributed by atoms with E-state index in [1.54, 1.807) is 18.3 Å². The topological polar surface area (TPSA) is 31.2 Å². The van der Waals surface area contributed by atoms with E-state index in [1.165, 1.54) is 23.3 Å². The SMILES string of the molecule is CCCCSSCCCCC(=O)On1ccccc1=S. The highest BCUT2D eigenvalue weighted by molar-refractivity contribution is 8.76. The van der Waals surface area contributed by atoms with Crippen LogP contribution < -0.4 is 4.84 Å². The van der Waals surface area contributed by atoms with Crippen molar-refractivity contribution >= 4 is 39.8 Å². The Morgan fingerprint density at radius 3 is 2.70 bits per heavy atom. The van der Waals surface area contributed by atoms with E-state index < -0.39 is 0 Å². The van der Waals surface area contributed by atoms with Crippen LogP contribution in [0.25, 0.3) is 0 Å². The Labute approximate surface area is 133 Å². The van der Waals surface area contributed by atoms with E-state index >= 15 is 0 Å². The second kappa shape index (κ2) is 11.2. The van der Waals surface area contributed by atoms with E-state index in [9.17, 15) is 4.79 Å². The Hall–Kier alpha value is -0.460. The van der Waals surface area contributed by atoms with Gasteiger partial charge in [-0.15, -0.1) is 0 Å². The Kier molecular flexibility index (Phi) is 9.87. The summed E-state index contributed by atoms with van der Waals surface area (Å²) in [6.45, 7) is 2.20. The van der Waals surface area contributed by atoms with Gasteiger partial charge < -0.3 is 4.84 Å². The van der Waals surface area contributed by atoms with Gasteiger partial charge in [0.2, 0.25) is 0 Å². The summed E-state index contributed by atoms with van der Waals surface area (Å²) in [6.07, 6.45) is 6.53. The van der Waals surface area contributed by atoms with Gasteiger partial charge in [0.25, 0.3) is 0 Å². The molecule has 20 heavy (non-hydrogen) atoms. The van der Waals surface area contributed by atoms with Gasteiger partial charge in [-0.25, -0.2) is 4.79 Å². The summed E-state index contributed by atoms with van der Waals surface area (Å²) >= 11 is 5.05. The molecule has 6 heteroatoms. The van der Waals surface area contributed by atoms with E-state index in [0.29, 0.717) is 11.1 Å². The van der Waals surface area contributed by atoms with Crippen molar-refractivity contribution in [3.05, 3.63) is 29.0 Å². The number of pyridine rings is 1. The number of hydrogen-bond acceptors (Lipinski definition) is 5. The third-order valence-electron chi connectivity index (χ3n) is 2.51. The molecule has 0 N–H and O–H groups in total. The van der Waals surface area contributed by atoms with E-state index in [-0.39, 0.29) is 5.97 Å². The first-order valence-electron chi connectivity index (χ1n) is 6.87. The fourth-order valence-electron chi connectivity index (χ4n) is 1.39. The van der Waals surface area contributed by atoms with E-state index in [1.807, 2.05) is 27.7 Å². The van der Waals surface area contributed by atoms with Crippen molar-refractivity contribution in [2.45, 2.75) is 39.0 Å². The lowest BCUT2D eigenvalue weighted by Crippen LogP contribution is -2.19. The largest absolute Gasteiger partial charge is 0.336 e. The minimum atomic E-state index is -0.226. The van der Waals surface area contributed by atoms with Gasteiger partial charge in [-0.05, 0) is 31.4 Å². The molecule has 0 unspecified atom stereocenters. The Balaban J connectivity index is 2.06. The molecule has 0 saturated carbocycles. The quantitative estimate of drug-likeness (QED) is 0.357. The Morgan fingerprint density at radius 1 is 1.25 bits per heavy atom. The molecule has 0 aliphatic heterocycles. The molecule has 3 nitrogen and oxygen atoms in total. The minimum Gasteiger partial charge on any atom is -0.336 e. The maximum atomic E-state index is 11.6. The number of rotatable bonds is 10. The Morgan fingerprint density at radius 2 is 2.00 bits per heavy atom. The van der Waals surface area contributed by atoms with Crippen molar-refractivity contribution in [3.8, 4) is 0 Å². The van der Waals surface area contributed by atoms with Crippen LogP contribution in [-0.4, -0.2) is 22.2 Å². The third-order valence-corrected chi connectivity index (χ3v) is 5.41. The highest BCUT2D eigenvalue weighted by Crippen LogP contribution is 2.23. The van der Waals surface area contributed by atoms with Crippen LogP contribution >= 0.6 is 33.8 Å². The van der Waals surface area contributed by atoms with Crippen LogP contribution in [0, 0.1) is 4.64 Å². The van der Waals surface area contributed by atoms with Gasteiger partial charge in [-0.2, -0.15) is 4.73 Å². The van der Waals surface area contributed by atoms with Crippen molar-refractivity contribution < 1.29 is 9.63 Å². The van der Waals surface area contributed by atoms with Gasteiger partial charge in [-0.3, -0.25) is 0 Å². The average molecular weight is 332 g/mol. The molecule has 0 amide bonds. The number of unbranched alkanes of at least 4 members (excludes halogenated alkanes) is 2. The standard InChI is InChI=1S/C14H21NO2S3/c1-2-3-11-19-20-12-7-5-9-14(16)17-15-10-6-4-8-13(15)18/h4,6,8,10H,2-3,5,7,9,11-12H2,1H3. The molecule has 0 aliphatic rings. The van der Waals surface area contributed by atoms with Gasteiger partial charge in [0.1, 0.15) is 4.64 Å². The summed E-state index contributed by atoms with van der Waals surface area (Å²) in [7, 11) is 3.82. The van der Waals surface area contributed by atoms with E-state index in [2.05, 4.69) is 6.92 Å². The molecule has 0 aromatic carbocycles. The van der Waals surface area contributed by atoms with Crippen LogP contribution in [0.3, 0.4) is 0 Å². The molecule has 0 bridgehead atoms. The molecular weight excluding hydrogens is 310 g/mol. The van der Waals surface area contributed by atoms with E-state index in [0.717, 1.165) is 18.6 Å². The second-order valence-corrected chi connectivity index (χ2v) is 7.40. The summed E-state index contributed by atoms with van der Waals surface area (Å²) in [5, 5.41) is 0. The number of hydrogen-bond donors (Lipinski definition) is 0. The van der Waals surface area contributed by atoms with Crippen molar-refractivity contribution in [2.75, 3.05) is 11.5 Å². The van der Waals surface area contributed by atoms with Gasteiger partial charge in [-0.1, -0.05) is 53.2 Å². The molecule has 112 valence electrons. The maximum absolute atomic E-state index is 11.6. The second-order valence-electron chi connectivity index (χ2n) is 4.28. The predicted molar refractivity (Wildman–Crippen MR) is 90.5 cm³/mol. The van der Waals surface area contributed by atoms with Crippen LogP contribution in [0.15, 0.2) is 24.4 Å². The summed E-state index contributed by atoms with van der Waals surface area (Å²) in [6, 6.07) is 5.33. The van der Waals surface area contributed by atoms with Crippen LogP contribution in [0.1, 0.15) is 39.0 Å². The number of nitrogens with zero attached hydrogens (tertiary/aromatic N) is 1. The highest BCUT2D eigenvalue weighted by Gasteiger charge is 2.04. The van der Waals surface area contributed by atoms with E-state index in [4.69, 9.17) is 17.1 Å². The number of aromatic nitrogens is 1. The molecule has 1 rings (SSSR count).